The fourth-order valence-corrected chi connectivity index (χ4v) is 2.71. The second-order valence-corrected chi connectivity index (χ2v) is 5.38. The van der Waals surface area contributed by atoms with E-state index >= 15 is 0 Å². The van der Waals surface area contributed by atoms with Crippen LogP contribution >= 0.6 is 0 Å². The van der Waals surface area contributed by atoms with E-state index in [-0.39, 0.29) is 5.91 Å². The van der Waals surface area contributed by atoms with Crippen molar-refractivity contribution in [2.75, 3.05) is 26.2 Å². The molecule has 2 aromatic carbocycles. The van der Waals surface area contributed by atoms with Gasteiger partial charge >= 0.3 is 0 Å². The van der Waals surface area contributed by atoms with Crippen molar-refractivity contribution in [3.8, 4) is 0 Å². The molecule has 0 saturated carbocycles. The normalized spacial score (nSPS) is 15.2. The number of hydrogen-bond acceptors (Lipinski definition) is 2. The van der Waals surface area contributed by atoms with Crippen LogP contribution in [-0.2, 0) is 16.0 Å². The lowest BCUT2D eigenvalue weighted by atomic mass is 10.0. The summed E-state index contributed by atoms with van der Waals surface area (Å²) in [4.78, 5) is 26.5. The van der Waals surface area contributed by atoms with E-state index in [2.05, 4.69) is 24.3 Å². The van der Waals surface area contributed by atoms with Crippen LogP contribution in [0.5, 0.6) is 0 Å². The number of hydrogen-bond donors (Lipinski definition) is 0. The second-order valence-electron chi connectivity index (χ2n) is 5.38. The molecule has 4 nitrogen and oxygen atoms in total. The number of carbonyl (C=O) groups excluding carboxylic acids is 2. The van der Waals surface area contributed by atoms with Crippen LogP contribution in [0.1, 0.15) is 5.56 Å². The van der Waals surface area contributed by atoms with Crippen LogP contribution in [0.3, 0.4) is 0 Å². The van der Waals surface area contributed by atoms with Gasteiger partial charge in [-0.25, -0.2) is 0 Å². The predicted molar refractivity (Wildman–Crippen MR) is 81.9 cm³/mol. The topological polar surface area (TPSA) is 40.6 Å². The Hall–Kier alpha value is -2.36. The summed E-state index contributed by atoms with van der Waals surface area (Å²) in [7, 11) is 0. The van der Waals surface area contributed by atoms with E-state index in [4.69, 9.17) is 0 Å². The van der Waals surface area contributed by atoms with Gasteiger partial charge in [-0.05, 0) is 16.3 Å². The highest BCUT2D eigenvalue weighted by molar-refractivity contribution is 5.85. The number of fused-ring (bicyclic) bond motifs is 1. The molecule has 1 fully saturated rings. The third kappa shape index (κ3) is 3.05. The molecule has 1 aliphatic heterocycles. The van der Waals surface area contributed by atoms with Crippen LogP contribution in [0, 0.1) is 0 Å². The van der Waals surface area contributed by atoms with E-state index in [1.165, 1.54) is 5.39 Å². The summed E-state index contributed by atoms with van der Waals surface area (Å²) in [6.45, 7) is 2.52. The molecular formula is C17H18N2O2. The van der Waals surface area contributed by atoms with Gasteiger partial charge in [0.05, 0.1) is 6.42 Å². The minimum Gasteiger partial charge on any atom is -0.342 e. The quantitative estimate of drug-likeness (QED) is 0.804. The van der Waals surface area contributed by atoms with Gasteiger partial charge in [0.25, 0.3) is 0 Å². The molecule has 1 aliphatic rings. The summed E-state index contributed by atoms with van der Waals surface area (Å²) in [6, 6.07) is 14.3. The summed E-state index contributed by atoms with van der Waals surface area (Å²) in [5, 5.41) is 2.35. The number of rotatable bonds is 3. The maximum Gasteiger partial charge on any atom is 0.227 e. The predicted octanol–water partition coefficient (Wildman–Crippen LogP) is 1.68. The Morgan fingerprint density at radius 3 is 2.43 bits per heavy atom. The van der Waals surface area contributed by atoms with E-state index in [0.29, 0.717) is 32.6 Å². The average Bonchev–Trinajstić information content (AvgIpc) is 2.55. The Morgan fingerprint density at radius 2 is 1.71 bits per heavy atom. The Balaban J connectivity index is 1.67. The minimum absolute atomic E-state index is 0.135. The van der Waals surface area contributed by atoms with Gasteiger partial charge in [0, 0.05) is 26.2 Å². The second kappa shape index (κ2) is 5.95. The minimum atomic E-state index is 0.135. The van der Waals surface area contributed by atoms with Crippen LogP contribution in [0.4, 0.5) is 0 Å². The van der Waals surface area contributed by atoms with Gasteiger partial charge in [-0.3, -0.25) is 9.59 Å². The Morgan fingerprint density at radius 1 is 1.00 bits per heavy atom. The number of benzene rings is 2. The summed E-state index contributed by atoms with van der Waals surface area (Å²) in [5.41, 5.74) is 1.04. The maximum atomic E-state index is 12.3. The highest BCUT2D eigenvalue weighted by atomic mass is 16.2. The first-order valence-electron chi connectivity index (χ1n) is 7.21. The van der Waals surface area contributed by atoms with Crippen molar-refractivity contribution in [3.63, 3.8) is 0 Å². The molecule has 0 radical (unpaired) electrons. The smallest absolute Gasteiger partial charge is 0.227 e. The molecule has 0 unspecified atom stereocenters. The van der Waals surface area contributed by atoms with Gasteiger partial charge in [0.1, 0.15) is 0 Å². The van der Waals surface area contributed by atoms with Gasteiger partial charge in [-0.1, -0.05) is 42.5 Å². The Bertz CT molecular complexity index is 661. The first-order chi connectivity index (χ1) is 10.3. The van der Waals surface area contributed by atoms with Crippen molar-refractivity contribution < 1.29 is 9.59 Å². The maximum absolute atomic E-state index is 12.3. The van der Waals surface area contributed by atoms with E-state index < -0.39 is 0 Å². The lowest BCUT2D eigenvalue weighted by molar-refractivity contribution is -0.134. The number of carbonyl (C=O) groups is 2. The zero-order valence-electron chi connectivity index (χ0n) is 11.9. The van der Waals surface area contributed by atoms with Crippen LogP contribution in [0.2, 0.25) is 0 Å². The van der Waals surface area contributed by atoms with Gasteiger partial charge in [-0.15, -0.1) is 0 Å². The van der Waals surface area contributed by atoms with Gasteiger partial charge in [0.2, 0.25) is 12.3 Å². The summed E-state index contributed by atoms with van der Waals surface area (Å²) >= 11 is 0. The van der Waals surface area contributed by atoms with Crippen molar-refractivity contribution in [2.24, 2.45) is 0 Å². The van der Waals surface area contributed by atoms with Gasteiger partial charge in [0.15, 0.2) is 0 Å². The molecule has 0 spiro atoms. The molecule has 3 rings (SSSR count). The van der Waals surface area contributed by atoms with Crippen LogP contribution < -0.4 is 0 Å². The van der Waals surface area contributed by atoms with E-state index in [9.17, 15) is 9.59 Å². The third-order valence-corrected chi connectivity index (χ3v) is 3.99. The van der Waals surface area contributed by atoms with Crippen LogP contribution in [-0.4, -0.2) is 48.3 Å². The molecule has 0 aromatic heterocycles. The molecule has 4 heteroatoms. The fraction of sp³-hybridized carbons (Fsp3) is 0.294. The lowest BCUT2D eigenvalue weighted by Gasteiger charge is -2.32. The number of amides is 2. The monoisotopic (exact) mass is 282 g/mol. The first kappa shape index (κ1) is 13.6. The van der Waals surface area contributed by atoms with Crippen LogP contribution in [0.25, 0.3) is 10.8 Å². The standard InChI is InChI=1S/C17H18N2O2/c20-13-18-7-9-19(10-8-18)17(21)12-14-5-6-15-3-1-2-4-16(15)11-14/h1-6,11,13H,7-10,12H2. The summed E-state index contributed by atoms with van der Waals surface area (Å²) < 4.78 is 0. The molecule has 0 N–H and O–H groups in total. The highest BCUT2D eigenvalue weighted by Gasteiger charge is 2.20. The largest absolute Gasteiger partial charge is 0.342 e. The molecule has 108 valence electrons. The SMILES string of the molecule is O=CN1CCN(C(=O)Cc2ccc3ccccc3c2)CC1. The zero-order valence-corrected chi connectivity index (χ0v) is 11.9. The molecule has 0 atom stereocenters. The third-order valence-electron chi connectivity index (χ3n) is 3.99. The van der Waals surface area contributed by atoms with Crippen LogP contribution in [0.15, 0.2) is 42.5 Å². The number of piperazine rings is 1. The molecule has 0 aliphatic carbocycles. The average molecular weight is 282 g/mol. The molecule has 21 heavy (non-hydrogen) atoms. The molecular weight excluding hydrogens is 264 g/mol. The number of nitrogens with zero attached hydrogens (tertiary/aromatic N) is 2. The lowest BCUT2D eigenvalue weighted by Crippen LogP contribution is -2.48. The summed E-state index contributed by atoms with van der Waals surface area (Å²) in [6.07, 6.45) is 1.27. The van der Waals surface area contributed by atoms with Crippen molar-refractivity contribution in [3.05, 3.63) is 48.0 Å². The van der Waals surface area contributed by atoms with E-state index in [1.54, 1.807) is 4.90 Å². The fourth-order valence-electron chi connectivity index (χ4n) is 2.71. The van der Waals surface area contributed by atoms with Gasteiger partial charge < -0.3 is 9.80 Å². The van der Waals surface area contributed by atoms with E-state index in [1.807, 2.05) is 23.1 Å². The first-order valence-corrected chi connectivity index (χ1v) is 7.21. The van der Waals surface area contributed by atoms with Crippen molar-refractivity contribution in [2.45, 2.75) is 6.42 Å². The molecule has 2 amide bonds. The van der Waals surface area contributed by atoms with Gasteiger partial charge in [-0.2, -0.15) is 0 Å². The molecule has 2 aromatic rings. The molecule has 1 saturated heterocycles. The van der Waals surface area contributed by atoms with E-state index in [0.717, 1.165) is 17.4 Å². The zero-order chi connectivity index (χ0) is 14.7. The van der Waals surface area contributed by atoms with Crippen molar-refractivity contribution >= 4 is 23.1 Å². The van der Waals surface area contributed by atoms with Crippen molar-refractivity contribution in [1.29, 1.82) is 0 Å². The Kier molecular flexibility index (Phi) is 3.86. The summed E-state index contributed by atoms with van der Waals surface area (Å²) in [5.74, 6) is 0.135. The highest BCUT2D eigenvalue weighted by Crippen LogP contribution is 2.16. The Labute approximate surface area is 124 Å². The molecule has 0 bridgehead atoms. The van der Waals surface area contributed by atoms with Crippen molar-refractivity contribution in [1.82, 2.24) is 9.80 Å². The molecule has 1 heterocycles.